The van der Waals surface area contributed by atoms with Crippen molar-refractivity contribution in [2.24, 2.45) is 0 Å². The normalized spacial score (nSPS) is 11.5. The van der Waals surface area contributed by atoms with Crippen molar-refractivity contribution < 1.29 is 27.4 Å². The summed E-state index contributed by atoms with van der Waals surface area (Å²) in [4.78, 5) is 0. The summed E-state index contributed by atoms with van der Waals surface area (Å²) in [6.07, 6.45) is -4.65. The van der Waals surface area contributed by atoms with Gasteiger partial charge in [-0.15, -0.1) is 13.2 Å². The molecule has 20 heavy (non-hydrogen) atoms. The number of benzene rings is 1. The lowest BCUT2D eigenvalue weighted by atomic mass is 10.2. The summed E-state index contributed by atoms with van der Waals surface area (Å²) in [7, 11) is 0. The molecule has 0 spiro atoms. The standard InChI is InChI=1S/C12H13Br2F3O3/c1-2-18-10-6-8(7-13)5-9(14)11(10)19-3-4-20-12(15,16)17/h5-6H,2-4,7H2,1H3. The molecule has 0 heterocycles. The van der Waals surface area contributed by atoms with Crippen molar-refractivity contribution >= 4 is 31.9 Å². The van der Waals surface area contributed by atoms with Gasteiger partial charge in [0.05, 0.1) is 17.7 Å². The van der Waals surface area contributed by atoms with Gasteiger partial charge in [0.15, 0.2) is 11.5 Å². The Hall–Kier alpha value is -0.470. The molecule has 0 fully saturated rings. The topological polar surface area (TPSA) is 27.7 Å². The molecule has 0 saturated heterocycles. The summed E-state index contributed by atoms with van der Waals surface area (Å²) in [5, 5.41) is 0.628. The van der Waals surface area contributed by atoms with Gasteiger partial charge in [0.25, 0.3) is 0 Å². The maximum absolute atomic E-state index is 11.8. The van der Waals surface area contributed by atoms with E-state index in [4.69, 9.17) is 9.47 Å². The van der Waals surface area contributed by atoms with Gasteiger partial charge in [-0.25, -0.2) is 0 Å². The Morgan fingerprint density at radius 3 is 2.40 bits per heavy atom. The maximum atomic E-state index is 11.8. The van der Waals surface area contributed by atoms with Crippen LogP contribution in [0, 0.1) is 0 Å². The number of ether oxygens (including phenoxy) is 3. The summed E-state index contributed by atoms with van der Waals surface area (Å²) in [6.45, 7) is 1.42. The Bertz CT molecular complexity index is 439. The molecule has 0 radical (unpaired) electrons. The molecule has 0 aromatic heterocycles. The smallest absolute Gasteiger partial charge is 0.490 e. The quantitative estimate of drug-likeness (QED) is 0.473. The molecule has 0 aliphatic carbocycles. The number of halogens is 5. The van der Waals surface area contributed by atoms with Gasteiger partial charge in [-0.2, -0.15) is 0 Å². The highest BCUT2D eigenvalue weighted by molar-refractivity contribution is 9.10. The van der Waals surface area contributed by atoms with E-state index in [2.05, 4.69) is 36.6 Å². The lowest BCUT2D eigenvalue weighted by molar-refractivity contribution is -0.325. The molecule has 1 rings (SSSR count). The van der Waals surface area contributed by atoms with Crippen LogP contribution < -0.4 is 9.47 Å². The van der Waals surface area contributed by atoms with Crippen LogP contribution in [-0.4, -0.2) is 26.2 Å². The van der Waals surface area contributed by atoms with E-state index in [-0.39, 0.29) is 6.61 Å². The van der Waals surface area contributed by atoms with Crippen LogP contribution in [-0.2, 0) is 10.1 Å². The fourth-order valence-corrected chi connectivity index (χ4v) is 2.33. The van der Waals surface area contributed by atoms with Crippen LogP contribution in [0.15, 0.2) is 16.6 Å². The molecule has 0 aliphatic heterocycles. The van der Waals surface area contributed by atoms with Crippen LogP contribution >= 0.6 is 31.9 Å². The van der Waals surface area contributed by atoms with E-state index in [1.165, 1.54) is 0 Å². The van der Waals surface area contributed by atoms with Gasteiger partial charge in [0.2, 0.25) is 0 Å². The second-order valence-electron chi connectivity index (χ2n) is 3.61. The van der Waals surface area contributed by atoms with Gasteiger partial charge >= 0.3 is 6.36 Å². The zero-order chi connectivity index (χ0) is 15.2. The van der Waals surface area contributed by atoms with Crippen LogP contribution in [0.2, 0.25) is 0 Å². The van der Waals surface area contributed by atoms with Crippen LogP contribution in [0.4, 0.5) is 13.2 Å². The highest BCUT2D eigenvalue weighted by Gasteiger charge is 2.28. The number of rotatable bonds is 7. The van der Waals surface area contributed by atoms with E-state index in [0.717, 1.165) is 5.56 Å². The molecular formula is C12H13Br2F3O3. The Morgan fingerprint density at radius 1 is 1.15 bits per heavy atom. The fourth-order valence-electron chi connectivity index (χ4n) is 1.40. The van der Waals surface area contributed by atoms with E-state index < -0.39 is 13.0 Å². The molecule has 1 aromatic rings. The van der Waals surface area contributed by atoms with Gasteiger partial charge in [0, 0.05) is 5.33 Å². The van der Waals surface area contributed by atoms with Gasteiger partial charge in [0.1, 0.15) is 6.61 Å². The summed E-state index contributed by atoms with van der Waals surface area (Å²) in [6, 6.07) is 3.57. The maximum Gasteiger partial charge on any atom is 0.522 e. The van der Waals surface area contributed by atoms with Crippen molar-refractivity contribution in [3.05, 3.63) is 22.2 Å². The van der Waals surface area contributed by atoms with Crippen molar-refractivity contribution in [3.8, 4) is 11.5 Å². The molecule has 0 N–H and O–H groups in total. The average molecular weight is 422 g/mol. The minimum atomic E-state index is -4.65. The van der Waals surface area contributed by atoms with Crippen molar-refractivity contribution in [1.82, 2.24) is 0 Å². The molecule has 0 unspecified atom stereocenters. The Labute approximate surface area is 131 Å². The summed E-state index contributed by atoms with van der Waals surface area (Å²) in [5.41, 5.74) is 0.958. The van der Waals surface area contributed by atoms with Crippen molar-refractivity contribution in [1.29, 1.82) is 0 Å². The third kappa shape index (κ3) is 5.88. The average Bonchev–Trinajstić information content (AvgIpc) is 2.35. The van der Waals surface area contributed by atoms with E-state index in [1.54, 1.807) is 12.1 Å². The molecule has 0 amide bonds. The van der Waals surface area contributed by atoms with Crippen LogP contribution in [0.3, 0.4) is 0 Å². The predicted octanol–water partition coefficient (Wildman–Crippen LogP) is 4.66. The van der Waals surface area contributed by atoms with Crippen LogP contribution in [0.1, 0.15) is 12.5 Å². The molecule has 8 heteroatoms. The highest BCUT2D eigenvalue weighted by atomic mass is 79.9. The number of hydrogen-bond donors (Lipinski definition) is 0. The van der Waals surface area contributed by atoms with Crippen LogP contribution in [0.25, 0.3) is 0 Å². The molecule has 114 valence electrons. The zero-order valence-corrected chi connectivity index (χ0v) is 13.8. The van der Waals surface area contributed by atoms with E-state index in [1.807, 2.05) is 6.92 Å². The van der Waals surface area contributed by atoms with Crippen molar-refractivity contribution in [2.75, 3.05) is 19.8 Å². The molecular weight excluding hydrogens is 409 g/mol. The number of hydrogen-bond acceptors (Lipinski definition) is 3. The summed E-state index contributed by atoms with van der Waals surface area (Å²) in [5.74, 6) is 0.839. The minimum absolute atomic E-state index is 0.230. The highest BCUT2D eigenvalue weighted by Crippen LogP contribution is 2.37. The Kier molecular flexibility index (Phi) is 7.11. The zero-order valence-electron chi connectivity index (χ0n) is 10.6. The monoisotopic (exact) mass is 420 g/mol. The SMILES string of the molecule is CCOc1cc(CBr)cc(Br)c1OCCOC(F)(F)F. The molecule has 0 saturated carbocycles. The van der Waals surface area contributed by atoms with Gasteiger partial charge < -0.3 is 9.47 Å². The van der Waals surface area contributed by atoms with Gasteiger partial charge in [-0.1, -0.05) is 15.9 Å². The summed E-state index contributed by atoms with van der Waals surface area (Å²) >= 11 is 6.64. The van der Waals surface area contributed by atoms with Crippen molar-refractivity contribution in [3.63, 3.8) is 0 Å². The first-order valence-corrected chi connectivity index (χ1v) is 7.63. The van der Waals surface area contributed by atoms with Gasteiger partial charge in [-0.05, 0) is 40.5 Å². The fraction of sp³-hybridized carbons (Fsp3) is 0.500. The van der Waals surface area contributed by atoms with E-state index in [9.17, 15) is 13.2 Å². The van der Waals surface area contributed by atoms with Gasteiger partial charge in [-0.3, -0.25) is 4.74 Å². The molecule has 1 aromatic carbocycles. The summed E-state index contributed by atoms with van der Waals surface area (Å²) < 4.78 is 50.5. The first-order valence-electron chi connectivity index (χ1n) is 5.72. The lowest BCUT2D eigenvalue weighted by Crippen LogP contribution is -2.18. The molecule has 0 aliphatic rings. The minimum Gasteiger partial charge on any atom is -0.490 e. The Morgan fingerprint density at radius 2 is 1.85 bits per heavy atom. The van der Waals surface area contributed by atoms with Crippen LogP contribution in [0.5, 0.6) is 11.5 Å². The molecule has 0 bridgehead atoms. The third-order valence-corrected chi connectivity index (χ3v) is 3.36. The largest absolute Gasteiger partial charge is 0.522 e. The van der Waals surface area contributed by atoms with E-state index >= 15 is 0 Å². The lowest BCUT2D eigenvalue weighted by Gasteiger charge is -2.15. The second-order valence-corrected chi connectivity index (χ2v) is 5.03. The van der Waals surface area contributed by atoms with Crippen molar-refractivity contribution in [2.45, 2.75) is 18.6 Å². The molecule has 0 atom stereocenters. The number of alkyl halides is 4. The first-order chi connectivity index (χ1) is 9.37. The Balaban J connectivity index is 2.72. The molecule has 3 nitrogen and oxygen atoms in total. The second kappa shape index (κ2) is 8.09. The first kappa shape index (κ1) is 17.6. The third-order valence-electron chi connectivity index (χ3n) is 2.12. The predicted molar refractivity (Wildman–Crippen MR) is 75.4 cm³/mol. The van der Waals surface area contributed by atoms with E-state index in [0.29, 0.717) is 27.9 Å².